The van der Waals surface area contributed by atoms with Gasteiger partial charge in [-0.2, -0.15) is 5.10 Å². The lowest BCUT2D eigenvalue weighted by Gasteiger charge is -2.18. The first kappa shape index (κ1) is 21.5. The monoisotopic (exact) mass is 449 g/mol. The van der Waals surface area contributed by atoms with Crippen molar-refractivity contribution in [3.8, 4) is 5.75 Å². The molecule has 0 aliphatic rings. The number of aromatic nitrogens is 4. The van der Waals surface area contributed by atoms with Crippen LogP contribution in [0.2, 0.25) is 5.02 Å². The molecule has 4 aromatic rings. The molecule has 0 bridgehead atoms. The van der Waals surface area contributed by atoms with Gasteiger partial charge in [-0.3, -0.25) is 9.59 Å². The van der Waals surface area contributed by atoms with Crippen LogP contribution in [0, 0.1) is 13.8 Å². The summed E-state index contributed by atoms with van der Waals surface area (Å²) in [6.45, 7) is 3.69. The molecule has 0 saturated carbocycles. The van der Waals surface area contributed by atoms with Gasteiger partial charge in [0.25, 0.3) is 5.91 Å². The van der Waals surface area contributed by atoms with E-state index in [1.165, 1.54) is 18.1 Å². The normalized spacial score (nSPS) is 11.9. The van der Waals surface area contributed by atoms with Gasteiger partial charge in [0.1, 0.15) is 12.1 Å². The number of nitrogens with zero attached hydrogens (tertiary/aromatic N) is 4. The minimum Gasteiger partial charge on any atom is -0.497 e. The lowest BCUT2D eigenvalue weighted by Crippen LogP contribution is -2.33. The van der Waals surface area contributed by atoms with Crippen LogP contribution in [0.1, 0.15) is 27.7 Å². The van der Waals surface area contributed by atoms with Crippen molar-refractivity contribution in [1.82, 2.24) is 19.7 Å². The second-order valence-electron chi connectivity index (χ2n) is 7.25. The summed E-state index contributed by atoms with van der Waals surface area (Å²) in [5.74, 6) is -0.434. The Labute approximate surface area is 189 Å². The molecular formula is C23H20ClN5O3. The van der Waals surface area contributed by atoms with Crippen molar-refractivity contribution in [2.75, 3.05) is 12.4 Å². The van der Waals surface area contributed by atoms with E-state index in [-0.39, 0.29) is 0 Å². The fraction of sp³-hybridized carbons (Fsp3) is 0.174. The summed E-state index contributed by atoms with van der Waals surface area (Å²) in [7, 11) is 1.54. The molecule has 1 amide bonds. The van der Waals surface area contributed by atoms with Crippen molar-refractivity contribution in [2.45, 2.75) is 19.9 Å². The lowest BCUT2D eigenvalue weighted by atomic mass is 10.0. The SMILES string of the molecule is COc1ccc(C(=O)C(C(=O)Nc2cc(C)ccc2Cl)n2ncc3c(C)ncnc32)cc1. The number of hydrogen-bond donors (Lipinski definition) is 1. The van der Waals surface area contributed by atoms with Crippen LogP contribution in [0.15, 0.2) is 55.0 Å². The van der Waals surface area contributed by atoms with E-state index in [9.17, 15) is 9.59 Å². The zero-order valence-corrected chi connectivity index (χ0v) is 18.4. The fourth-order valence-corrected chi connectivity index (χ4v) is 3.52. The molecule has 162 valence electrons. The van der Waals surface area contributed by atoms with E-state index in [0.717, 1.165) is 5.56 Å². The Morgan fingerprint density at radius 3 is 2.56 bits per heavy atom. The summed E-state index contributed by atoms with van der Waals surface area (Å²) in [6, 6.07) is 10.5. The third kappa shape index (κ3) is 4.04. The number of methoxy groups -OCH3 is 1. The van der Waals surface area contributed by atoms with Crippen LogP contribution in [-0.2, 0) is 4.79 Å². The molecule has 2 heterocycles. The third-order valence-corrected chi connectivity index (χ3v) is 5.42. The molecule has 0 aliphatic carbocycles. The average Bonchev–Trinajstić information content (AvgIpc) is 3.21. The minimum absolute atomic E-state index is 0.329. The molecule has 1 N–H and O–H groups in total. The van der Waals surface area contributed by atoms with Gasteiger partial charge in [0.05, 0.1) is 35.1 Å². The molecule has 9 heteroatoms. The number of hydrogen-bond acceptors (Lipinski definition) is 6. The van der Waals surface area contributed by atoms with E-state index < -0.39 is 17.7 Å². The average molecular weight is 450 g/mol. The van der Waals surface area contributed by atoms with Gasteiger partial charge in [-0.15, -0.1) is 0 Å². The topological polar surface area (TPSA) is 99.0 Å². The highest BCUT2D eigenvalue weighted by Crippen LogP contribution is 2.27. The predicted molar refractivity (Wildman–Crippen MR) is 121 cm³/mol. The van der Waals surface area contributed by atoms with E-state index in [1.54, 1.807) is 42.6 Å². The van der Waals surface area contributed by atoms with Gasteiger partial charge in [-0.1, -0.05) is 17.7 Å². The molecular weight excluding hydrogens is 430 g/mol. The molecule has 2 aromatic heterocycles. The van der Waals surface area contributed by atoms with E-state index in [4.69, 9.17) is 16.3 Å². The van der Waals surface area contributed by atoms with Gasteiger partial charge in [0.15, 0.2) is 17.5 Å². The molecule has 1 atom stereocenters. The van der Waals surface area contributed by atoms with E-state index in [1.807, 2.05) is 19.9 Å². The molecule has 0 aliphatic heterocycles. The number of ether oxygens (including phenoxy) is 1. The number of aryl methyl sites for hydroxylation is 2. The first-order valence-electron chi connectivity index (χ1n) is 9.79. The number of fused-ring (bicyclic) bond motifs is 1. The van der Waals surface area contributed by atoms with Crippen LogP contribution in [0.3, 0.4) is 0 Å². The quantitative estimate of drug-likeness (QED) is 0.350. The number of Topliss-reactive ketones (excluding diaryl/α,β-unsaturated/α-hetero) is 1. The number of amides is 1. The maximum Gasteiger partial charge on any atom is 0.257 e. The predicted octanol–water partition coefficient (Wildman–Crippen LogP) is 4.17. The van der Waals surface area contributed by atoms with Crippen molar-refractivity contribution in [3.05, 3.63) is 76.8 Å². The molecule has 4 rings (SSSR count). The molecule has 32 heavy (non-hydrogen) atoms. The maximum absolute atomic E-state index is 13.5. The number of rotatable bonds is 6. The second-order valence-corrected chi connectivity index (χ2v) is 7.66. The van der Waals surface area contributed by atoms with Crippen LogP contribution in [0.5, 0.6) is 5.75 Å². The zero-order valence-electron chi connectivity index (χ0n) is 17.7. The summed E-state index contributed by atoms with van der Waals surface area (Å²) < 4.78 is 6.48. The number of anilines is 1. The number of carbonyl (C=O) groups excluding carboxylic acids is 2. The number of nitrogens with one attached hydrogen (secondary N) is 1. The molecule has 0 saturated heterocycles. The van der Waals surface area contributed by atoms with E-state index >= 15 is 0 Å². The Morgan fingerprint density at radius 2 is 1.84 bits per heavy atom. The minimum atomic E-state index is -1.31. The standard InChI is InChI=1S/C23H20ClN5O3/c1-13-4-9-18(24)19(10-13)28-23(31)20(21(30)15-5-7-16(32-3)8-6-15)29-22-17(11-27-29)14(2)25-12-26-22/h4-12,20H,1-3H3,(H,28,31). The molecule has 0 radical (unpaired) electrons. The lowest BCUT2D eigenvalue weighted by molar-refractivity contribution is -0.118. The smallest absolute Gasteiger partial charge is 0.257 e. The van der Waals surface area contributed by atoms with Crippen LogP contribution >= 0.6 is 11.6 Å². The van der Waals surface area contributed by atoms with Crippen LogP contribution in [0.4, 0.5) is 5.69 Å². The van der Waals surface area contributed by atoms with Gasteiger partial charge in [0.2, 0.25) is 0 Å². The fourth-order valence-electron chi connectivity index (χ4n) is 3.36. The summed E-state index contributed by atoms with van der Waals surface area (Å²) >= 11 is 6.26. The molecule has 1 unspecified atom stereocenters. The summed E-state index contributed by atoms with van der Waals surface area (Å²) in [6.07, 6.45) is 2.92. The second kappa shape index (κ2) is 8.76. The van der Waals surface area contributed by atoms with Crippen molar-refractivity contribution < 1.29 is 14.3 Å². The Morgan fingerprint density at radius 1 is 1.09 bits per heavy atom. The Balaban J connectivity index is 1.79. The first-order chi connectivity index (χ1) is 15.4. The first-order valence-corrected chi connectivity index (χ1v) is 10.2. The highest BCUT2D eigenvalue weighted by atomic mass is 35.5. The maximum atomic E-state index is 13.5. The number of carbonyl (C=O) groups is 2. The van der Waals surface area contributed by atoms with Crippen molar-refractivity contribution >= 4 is 40.0 Å². The highest BCUT2D eigenvalue weighted by molar-refractivity contribution is 6.34. The summed E-state index contributed by atoms with van der Waals surface area (Å²) in [5, 5.41) is 8.10. The summed E-state index contributed by atoms with van der Waals surface area (Å²) in [4.78, 5) is 35.4. The Bertz CT molecular complexity index is 1320. The van der Waals surface area contributed by atoms with Gasteiger partial charge in [-0.05, 0) is 55.8 Å². The Kier molecular flexibility index (Phi) is 5.87. The van der Waals surface area contributed by atoms with Crippen molar-refractivity contribution in [1.29, 1.82) is 0 Å². The third-order valence-electron chi connectivity index (χ3n) is 5.09. The van der Waals surface area contributed by atoms with E-state index in [2.05, 4.69) is 20.4 Å². The number of halogens is 1. The van der Waals surface area contributed by atoms with Crippen LogP contribution < -0.4 is 10.1 Å². The molecule has 2 aromatic carbocycles. The highest BCUT2D eigenvalue weighted by Gasteiger charge is 2.32. The van der Waals surface area contributed by atoms with Gasteiger partial charge in [0, 0.05) is 5.56 Å². The van der Waals surface area contributed by atoms with Gasteiger partial charge < -0.3 is 10.1 Å². The largest absolute Gasteiger partial charge is 0.497 e. The number of ketones is 1. The summed E-state index contributed by atoms with van der Waals surface area (Å²) in [5.41, 5.74) is 2.73. The van der Waals surface area contributed by atoms with Gasteiger partial charge in [-0.25, -0.2) is 14.6 Å². The van der Waals surface area contributed by atoms with Crippen LogP contribution in [-0.4, -0.2) is 38.5 Å². The van der Waals surface area contributed by atoms with E-state index in [0.29, 0.717) is 38.8 Å². The molecule has 0 spiro atoms. The zero-order chi connectivity index (χ0) is 22.8. The number of benzene rings is 2. The van der Waals surface area contributed by atoms with Crippen LogP contribution in [0.25, 0.3) is 11.0 Å². The molecule has 8 nitrogen and oxygen atoms in total. The Hall–Kier alpha value is -3.78. The van der Waals surface area contributed by atoms with Gasteiger partial charge >= 0.3 is 0 Å². The molecule has 0 fully saturated rings. The van der Waals surface area contributed by atoms with Crippen molar-refractivity contribution in [3.63, 3.8) is 0 Å². The van der Waals surface area contributed by atoms with Crippen molar-refractivity contribution in [2.24, 2.45) is 0 Å².